The van der Waals surface area contributed by atoms with Crippen molar-refractivity contribution in [3.8, 4) is 0 Å². The predicted molar refractivity (Wildman–Crippen MR) is 130 cm³/mol. The lowest BCUT2D eigenvalue weighted by Gasteiger charge is -2.33. The first-order chi connectivity index (χ1) is 16.6. The van der Waals surface area contributed by atoms with Gasteiger partial charge in [0.25, 0.3) is 11.5 Å². The van der Waals surface area contributed by atoms with Crippen LogP contribution in [0.2, 0.25) is 0 Å². The van der Waals surface area contributed by atoms with Gasteiger partial charge in [0, 0.05) is 18.0 Å². The number of aryl methyl sites for hydroxylation is 1. The highest BCUT2D eigenvalue weighted by atomic mass is 16.5. The summed E-state index contributed by atoms with van der Waals surface area (Å²) in [7, 11) is 0. The van der Waals surface area contributed by atoms with E-state index in [1.165, 1.54) is 12.8 Å². The smallest absolute Gasteiger partial charge is 0.274 e. The van der Waals surface area contributed by atoms with Crippen molar-refractivity contribution < 1.29 is 9.53 Å². The maximum Gasteiger partial charge on any atom is 0.274 e. The van der Waals surface area contributed by atoms with Crippen molar-refractivity contribution in [2.24, 2.45) is 0 Å². The molecule has 1 atom stereocenters. The number of carbonyl (C=O) groups is 1. The van der Waals surface area contributed by atoms with E-state index in [9.17, 15) is 9.59 Å². The SMILES string of the molecule is Cc1cc2c(cc1C(=O)N1CCOC(c3ccccc3)C1)[nH]c(=O)c1cnc(C3CCCC3)n12. The molecule has 1 N–H and O–H groups in total. The molecule has 2 aromatic heterocycles. The number of ether oxygens (including phenoxy) is 1. The maximum atomic E-state index is 13.6. The van der Waals surface area contributed by atoms with Gasteiger partial charge >= 0.3 is 0 Å². The van der Waals surface area contributed by atoms with Crippen molar-refractivity contribution in [2.45, 2.75) is 44.6 Å². The van der Waals surface area contributed by atoms with E-state index in [1.807, 2.05) is 58.7 Å². The molecule has 7 nitrogen and oxygen atoms in total. The van der Waals surface area contributed by atoms with Gasteiger partial charge in [-0.3, -0.25) is 14.0 Å². The molecule has 1 aliphatic heterocycles. The molecule has 1 unspecified atom stereocenters. The second-order valence-corrected chi connectivity index (χ2v) is 9.48. The van der Waals surface area contributed by atoms with Crippen molar-refractivity contribution in [3.63, 3.8) is 0 Å². The van der Waals surface area contributed by atoms with Crippen molar-refractivity contribution in [1.29, 1.82) is 0 Å². The molecule has 3 heterocycles. The van der Waals surface area contributed by atoms with E-state index in [-0.39, 0.29) is 17.6 Å². The molecular formula is C27H28N4O3. The van der Waals surface area contributed by atoms with Crippen LogP contribution in [0.4, 0.5) is 0 Å². The maximum absolute atomic E-state index is 13.6. The van der Waals surface area contributed by atoms with Crippen molar-refractivity contribution in [2.75, 3.05) is 19.7 Å². The molecule has 1 saturated carbocycles. The minimum absolute atomic E-state index is 0.0359. The topological polar surface area (TPSA) is 79.7 Å². The van der Waals surface area contributed by atoms with E-state index in [0.717, 1.165) is 35.3 Å². The zero-order valence-corrected chi connectivity index (χ0v) is 19.3. The molecular weight excluding hydrogens is 428 g/mol. The average molecular weight is 457 g/mol. The average Bonchev–Trinajstić information content (AvgIpc) is 3.55. The Morgan fingerprint density at radius 2 is 1.91 bits per heavy atom. The summed E-state index contributed by atoms with van der Waals surface area (Å²) < 4.78 is 7.95. The van der Waals surface area contributed by atoms with E-state index in [2.05, 4.69) is 9.97 Å². The number of nitrogens with one attached hydrogen (secondary N) is 1. The summed E-state index contributed by atoms with van der Waals surface area (Å²) in [6.45, 7) is 3.51. The Morgan fingerprint density at radius 1 is 1.12 bits per heavy atom. The quantitative estimate of drug-likeness (QED) is 0.497. The van der Waals surface area contributed by atoms with Gasteiger partial charge in [-0.1, -0.05) is 43.2 Å². The van der Waals surface area contributed by atoms with Crippen LogP contribution in [0.25, 0.3) is 16.6 Å². The van der Waals surface area contributed by atoms with Crippen LogP contribution >= 0.6 is 0 Å². The summed E-state index contributed by atoms with van der Waals surface area (Å²) in [5, 5.41) is 0. The number of hydrogen-bond acceptors (Lipinski definition) is 4. The van der Waals surface area contributed by atoms with Gasteiger partial charge in [-0.2, -0.15) is 0 Å². The number of benzene rings is 2. The standard InChI is InChI=1S/C27H28N4O3/c1-17-13-22-21(29-26(32)23-15-28-25(31(22)23)19-9-5-6-10-19)14-20(17)27(33)30-11-12-34-24(16-30)18-7-3-2-4-8-18/h2-4,7-8,13-15,19,24H,5-6,9-12,16H2,1H3,(H,29,32). The molecule has 1 aliphatic carbocycles. The first-order valence-electron chi connectivity index (χ1n) is 12.1. The number of morpholine rings is 1. The van der Waals surface area contributed by atoms with Crippen LogP contribution in [0, 0.1) is 6.92 Å². The molecule has 7 heteroatoms. The Morgan fingerprint density at radius 3 is 2.71 bits per heavy atom. The third kappa shape index (κ3) is 3.51. The Kier molecular flexibility index (Phi) is 5.21. The second-order valence-electron chi connectivity index (χ2n) is 9.48. The molecule has 4 aromatic rings. The van der Waals surface area contributed by atoms with Crippen molar-refractivity contribution >= 4 is 22.5 Å². The molecule has 2 aromatic carbocycles. The molecule has 0 spiro atoms. The Hall–Kier alpha value is -3.45. The fourth-order valence-electron chi connectivity index (χ4n) is 5.52. The van der Waals surface area contributed by atoms with Crippen LogP contribution in [0.5, 0.6) is 0 Å². The molecule has 0 bridgehead atoms. The Bertz CT molecular complexity index is 1430. The molecule has 6 rings (SSSR count). The van der Waals surface area contributed by atoms with Crippen LogP contribution in [0.3, 0.4) is 0 Å². The predicted octanol–water partition coefficient (Wildman–Crippen LogP) is 4.36. The Balaban J connectivity index is 1.39. The highest BCUT2D eigenvalue weighted by molar-refractivity contribution is 5.99. The van der Waals surface area contributed by atoms with Crippen LogP contribution in [-0.4, -0.2) is 44.9 Å². The van der Waals surface area contributed by atoms with E-state index < -0.39 is 0 Å². The number of imidazole rings is 1. The van der Waals surface area contributed by atoms with Gasteiger partial charge < -0.3 is 14.6 Å². The highest BCUT2D eigenvalue weighted by Gasteiger charge is 2.28. The van der Waals surface area contributed by atoms with Crippen LogP contribution in [0.15, 0.2) is 53.5 Å². The van der Waals surface area contributed by atoms with E-state index >= 15 is 0 Å². The summed E-state index contributed by atoms with van der Waals surface area (Å²) in [5.74, 6) is 1.30. The van der Waals surface area contributed by atoms with Crippen molar-refractivity contribution in [1.82, 2.24) is 19.3 Å². The van der Waals surface area contributed by atoms with E-state index in [4.69, 9.17) is 4.74 Å². The lowest BCUT2D eigenvalue weighted by molar-refractivity contribution is -0.0228. The van der Waals surface area contributed by atoms with Gasteiger partial charge in [-0.05, 0) is 43.0 Å². The Labute approximate surface area is 197 Å². The highest BCUT2D eigenvalue weighted by Crippen LogP contribution is 2.34. The molecule has 174 valence electrons. The van der Waals surface area contributed by atoms with Gasteiger partial charge in [-0.25, -0.2) is 4.98 Å². The van der Waals surface area contributed by atoms with Gasteiger partial charge in [0.15, 0.2) is 0 Å². The fraction of sp³-hybridized carbons (Fsp3) is 0.370. The third-order valence-corrected chi connectivity index (χ3v) is 7.33. The van der Waals surface area contributed by atoms with Crippen LogP contribution in [-0.2, 0) is 4.74 Å². The lowest BCUT2D eigenvalue weighted by Crippen LogP contribution is -2.42. The molecule has 2 fully saturated rings. The second kappa shape index (κ2) is 8.40. The minimum Gasteiger partial charge on any atom is -0.370 e. The number of fused-ring (bicyclic) bond motifs is 3. The first kappa shape index (κ1) is 21.1. The fourth-order valence-corrected chi connectivity index (χ4v) is 5.52. The summed E-state index contributed by atoms with van der Waals surface area (Å²) in [6, 6.07) is 13.9. The number of nitrogens with zero attached hydrogens (tertiary/aromatic N) is 3. The number of aromatic nitrogens is 3. The summed E-state index contributed by atoms with van der Waals surface area (Å²) in [4.78, 5) is 35.9. The number of carbonyl (C=O) groups excluding carboxylic acids is 1. The number of aromatic amines is 1. The van der Waals surface area contributed by atoms with Gasteiger partial charge in [0.1, 0.15) is 17.4 Å². The van der Waals surface area contributed by atoms with Gasteiger partial charge in [0.05, 0.1) is 30.4 Å². The zero-order chi connectivity index (χ0) is 23.2. The number of H-pyrrole nitrogens is 1. The van der Waals surface area contributed by atoms with Gasteiger partial charge in [0.2, 0.25) is 0 Å². The minimum atomic E-state index is -0.179. The molecule has 0 radical (unpaired) electrons. The third-order valence-electron chi connectivity index (χ3n) is 7.33. The lowest BCUT2D eigenvalue weighted by atomic mass is 10.0. The largest absolute Gasteiger partial charge is 0.370 e. The van der Waals surface area contributed by atoms with E-state index in [0.29, 0.717) is 42.2 Å². The first-order valence-corrected chi connectivity index (χ1v) is 12.1. The van der Waals surface area contributed by atoms with Crippen LogP contribution < -0.4 is 5.56 Å². The van der Waals surface area contributed by atoms with Crippen molar-refractivity contribution in [3.05, 3.63) is 81.5 Å². The number of rotatable bonds is 3. The van der Waals surface area contributed by atoms with Crippen LogP contribution in [0.1, 0.15) is 65.0 Å². The molecule has 1 saturated heterocycles. The molecule has 34 heavy (non-hydrogen) atoms. The van der Waals surface area contributed by atoms with E-state index in [1.54, 1.807) is 6.20 Å². The number of hydrogen-bond donors (Lipinski definition) is 1. The zero-order valence-electron chi connectivity index (χ0n) is 19.3. The summed E-state index contributed by atoms with van der Waals surface area (Å²) in [5.41, 5.74) is 4.51. The normalized spacial score (nSPS) is 19.3. The summed E-state index contributed by atoms with van der Waals surface area (Å²) in [6.07, 6.45) is 6.13. The monoisotopic (exact) mass is 456 g/mol. The number of amides is 1. The van der Waals surface area contributed by atoms with Gasteiger partial charge in [-0.15, -0.1) is 0 Å². The molecule has 1 amide bonds. The summed E-state index contributed by atoms with van der Waals surface area (Å²) >= 11 is 0. The molecule has 2 aliphatic rings.